The van der Waals surface area contributed by atoms with E-state index in [4.69, 9.17) is 4.74 Å². The molecule has 1 fully saturated rings. The highest BCUT2D eigenvalue weighted by Crippen LogP contribution is 2.29. The summed E-state index contributed by atoms with van der Waals surface area (Å²) in [7, 11) is 0. The first-order valence-corrected chi connectivity index (χ1v) is 8.12. The Labute approximate surface area is 126 Å². The molecule has 116 valence electrons. The fourth-order valence-electron chi connectivity index (χ4n) is 3.44. The number of rotatable bonds is 5. The lowest BCUT2D eigenvalue weighted by atomic mass is 9.97. The number of likely N-dealkylation sites (N-methyl/N-ethyl adjacent to an activating group) is 1. The molecule has 0 aromatic heterocycles. The maximum atomic E-state index is 13.3. The number of piperidine rings is 1. The van der Waals surface area contributed by atoms with Crippen LogP contribution in [0, 0.1) is 11.7 Å². The number of ether oxygens (including phenoxy) is 1. The van der Waals surface area contributed by atoms with E-state index in [1.807, 2.05) is 0 Å². The number of nitrogens with one attached hydrogen (secondary N) is 1. The minimum Gasteiger partial charge on any atom is -0.488 e. The van der Waals surface area contributed by atoms with E-state index in [0.717, 1.165) is 56.4 Å². The highest BCUT2D eigenvalue weighted by molar-refractivity contribution is 5.37. The van der Waals surface area contributed by atoms with Crippen molar-refractivity contribution in [2.75, 3.05) is 32.7 Å². The number of benzene rings is 1. The number of hydrogen-bond donors (Lipinski definition) is 1. The van der Waals surface area contributed by atoms with Gasteiger partial charge in [0, 0.05) is 25.1 Å². The van der Waals surface area contributed by atoms with Crippen LogP contribution in [-0.4, -0.2) is 43.7 Å². The van der Waals surface area contributed by atoms with Crippen LogP contribution in [0.3, 0.4) is 0 Å². The molecule has 0 amide bonds. The van der Waals surface area contributed by atoms with E-state index in [1.165, 1.54) is 18.9 Å². The van der Waals surface area contributed by atoms with Crippen molar-refractivity contribution >= 4 is 0 Å². The van der Waals surface area contributed by atoms with Crippen molar-refractivity contribution in [3.63, 3.8) is 0 Å². The van der Waals surface area contributed by atoms with Gasteiger partial charge < -0.3 is 10.1 Å². The normalized spacial score (nSPS) is 22.3. The molecule has 21 heavy (non-hydrogen) atoms. The Balaban J connectivity index is 1.53. The molecule has 0 bridgehead atoms. The lowest BCUT2D eigenvalue weighted by molar-refractivity contribution is 0.133. The van der Waals surface area contributed by atoms with Gasteiger partial charge in [-0.05, 0) is 56.6 Å². The molecule has 1 aromatic rings. The summed E-state index contributed by atoms with van der Waals surface area (Å²) in [5, 5.41) is 3.42. The molecular formula is C17H25FN2O. The minimum absolute atomic E-state index is 0.167. The molecule has 0 spiro atoms. The Bertz CT molecular complexity index is 474. The van der Waals surface area contributed by atoms with Crippen LogP contribution in [0.2, 0.25) is 0 Å². The Kier molecular flexibility index (Phi) is 4.76. The number of halogens is 1. The van der Waals surface area contributed by atoms with Crippen molar-refractivity contribution in [2.45, 2.75) is 32.3 Å². The van der Waals surface area contributed by atoms with Gasteiger partial charge in [-0.1, -0.05) is 6.92 Å². The number of fused-ring (bicyclic) bond motifs is 1. The van der Waals surface area contributed by atoms with E-state index in [2.05, 4.69) is 17.1 Å². The molecule has 4 heteroatoms. The van der Waals surface area contributed by atoms with E-state index in [-0.39, 0.29) is 11.9 Å². The first kappa shape index (κ1) is 14.8. The molecule has 3 rings (SSSR count). The third-order valence-electron chi connectivity index (χ3n) is 4.65. The maximum Gasteiger partial charge on any atom is 0.123 e. The molecule has 3 nitrogen and oxygen atoms in total. The summed E-state index contributed by atoms with van der Waals surface area (Å²) in [4.78, 5) is 2.49. The quantitative estimate of drug-likeness (QED) is 0.902. The van der Waals surface area contributed by atoms with Crippen LogP contribution in [0.25, 0.3) is 0 Å². The molecule has 0 saturated carbocycles. The van der Waals surface area contributed by atoms with Gasteiger partial charge in [0.15, 0.2) is 0 Å². The second-order valence-electron chi connectivity index (χ2n) is 6.24. The molecule has 2 aliphatic rings. The zero-order valence-electron chi connectivity index (χ0n) is 12.8. The number of nitrogens with zero attached hydrogens (tertiary/aromatic N) is 1. The first-order valence-electron chi connectivity index (χ1n) is 8.12. The van der Waals surface area contributed by atoms with Crippen molar-refractivity contribution in [3.05, 3.63) is 29.6 Å². The van der Waals surface area contributed by atoms with Crippen molar-refractivity contribution < 1.29 is 9.13 Å². The molecule has 1 atom stereocenters. The summed E-state index contributed by atoms with van der Waals surface area (Å²) >= 11 is 0. The molecule has 1 unspecified atom stereocenters. The van der Waals surface area contributed by atoms with Crippen molar-refractivity contribution in [1.82, 2.24) is 10.2 Å². The average molecular weight is 292 g/mol. The van der Waals surface area contributed by atoms with Gasteiger partial charge in [-0.3, -0.25) is 4.90 Å². The maximum absolute atomic E-state index is 13.3. The molecule has 0 radical (unpaired) electrons. The molecule has 2 aliphatic heterocycles. The monoisotopic (exact) mass is 292 g/mol. The smallest absolute Gasteiger partial charge is 0.123 e. The van der Waals surface area contributed by atoms with Gasteiger partial charge in [-0.2, -0.15) is 0 Å². The van der Waals surface area contributed by atoms with Crippen molar-refractivity contribution in [2.24, 2.45) is 5.92 Å². The van der Waals surface area contributed by atoms with Crippen molar-refractivity contribution in [3.8, 4) is 5.75 Å². The Hall–Kier alpha value is -1.13. The summed E-state index contributed by atoms with van der Waals surface area (Å²) in [6.07, 6.45) is 3.54. The third kappa shape index (κ3) is 3.74. The first-order chi connectivity index (χ1) is 10.2. The standard InChI is InChI=1S/C17H25FN2O/c1-2-20(11-13-5-7-19-8-6-13)12-16-10-14-9-15(18)3-4-17(14)21-16/h3-4,9,13,16,19H,2,5-8,10-12H2,1H3. The lowest BCUT2D eigenvalue weighted by Crippen LogP contribution is -2.40. The Morgan fingerprint density at radius 3 is 2.86 bits per heavy atom. The number of hydrogen-bond acceptors (Lipinski definition) is 3. The summed E-state index contributed by atoms with van der Waals surface area (Å²) in [6.45, 7) is 7.65. The summed E-state index contributed by atoms with van der Waals surface area (Å²) < 4.78 is 19.2. The summed E-state index contributed by atoms with van der Waals surface area (Å²) in [6, 6.07) is 4.85. The van der Waals surface area contributed by atoms with E-state index in [1.54, 1.807) is 12.1 Å². The fourth-order valence-corrected chi connectivity index (χ4v) is 3.44. The van der Waals surface area contributed by atoms with Gasteiger partial charge >= 0.3 is 0 Å². The van der Waals surface area contributed by atoms with Crippen molar-refractivity contribution in [1.29, 1.82) is 0 Å². The third-order valence-corrected chi connectivity index (χ3v) is 4.65. The summed E-state index contributed by atoms with van der Waals surface area (Å²) in [5.74, 6) is 1.49. The van der Waals surface area contributed by atoms with Crippen LogP contribution in [0.1, 0.15) is 25.3 Å². The SMILES string of the molecule is CCN(CC1CCNCC1)CC1Cc2cc(F)ccc2O1. The highest BCUT2D eigenvalue weighted by Gasteiger charge is 2.26. The Morgan fingerprint density at radius 1 is 1.29 bits per heavy atom. The van der Waals surface area contributed by atoms with Gasteiger partial charge in [-0.15, -0.1) is 0 Å². The average Bonchev–Trinajstić information content (AvgIpc) is 2.89. The van der Waals surface area contributed by atoms with Crippen LogP contribution in [0.5, 0.6) is 5.75 Å². The van der Waals surface area contributed by atoms with Crippen LogP contribution in [0.15, 0.2) is 18.2 Å². The van der Waals surface area contributed by atoms with Gasteiger partial charge in [0.05, 0.1) is 0 Å². The van der Waals surface area contributed by atoms with Gasteiger partial charge in [-0.25, -0.2) is 4.39 Å². The predicted octanol–water partition coefficient (Wildman–Crippen LogP) is 2.45. The Morgan fingerprint density at radius 2 is 2.10 bits per heavy atom. The molecule has 1 saturated heterocycles. The van der Waals surface area contributed by atoms with Crippen LogP contribution >= 0.6 is 0 Å². The molecule has 1 N–H and O–H groups in total. The van der Waals surface area contributed by atoms with Gasteiger partial charge in [0.25, 0.3) is 0 Å². The molecule has 1 aromatic carbocycles. The zero-order chi connectivity index (χ0) is 14.7. The fraction of sp³-hybridized carbons (Fsp3) is 0.647. The van der Waals surface area contributed by atoms with Crippen LogP contribution in [0.4, 0.5) is 4.39 Å². The molecule has 0 aliphatic carbocycles. The van der Waals surface area contributed by atoms with Gasteiger partial charge in [0.2, 0.25) is 0 Å². The van der Waals surface area contributed by atoms with E-state index in [9.17, 15) is 4.39 Å². The highest BCUT2D eigenvalue weighted by atomic mass is 19.1. The van der Waals surface area contributed by atoms with E-state index >= 15 is 0 Å². The lowest BCUT2D eigenvalue weighted by Gasteiger charge is -2.30. The minimum atomic E-state index is -0.167. The van der Waals surface area contributed by atoms with Gasteiger partial charge in [0.1, 0.15) is 17.7 Å². The predicted molar refractivity (Wildman–Crippen MR) is 82.2 cm³/mol. The molecular weight excluding hydrogens is 267 g/mol. The van der Waals surface area contributed by atoms with E-state index in [0.29, 0.717) is 0 Å². The summed E-state index contributed by atoms with van der Waals surface area (Å²) in [5.41, 5.74) is 1.01. The second kappa shape index (κ2) is 6.75. The topological polar surface area (TPSA) is 24.5 Å². The zero-order valence-corrected chi connectivity index (χ0v) is 12.8. The van der Waals surface area contributed by atoms with E-state index < -0.39 is 0 Å². The van der Waals surface area contributed by atoms with Crippen LogP contribution < -0.4 is 10.1 Å². The second-order valence-corrected chi connectivity index (χ2v) is 6.24. The van der Waals surface area contributed by atoms with Crippen LogP contribution in [-0.2, 0) is 6.42 Å². The molecule has 2 heterocycles. The largest absolute Gasteiger partial charge is 0.488 e.